The first kappa shape index (κ1) is 35.2. The Bertz CT molecular complexity index is 1420. The Labute approximate surface area is 261 Å². The van der Waals surface area contributed by atoms with Crippen molar-refractivity contribution < 1.29 is 50.2 Å². The number of aliphatic hydroxyl groups is 1. The molecule has 3 amide bonds. The lowest BCUT2D eigenvalue weighted by atomic mass is 9.77. The number of halogens is 7. The maximum absolute atomic E-state index is 14.0. The summed E-state index contributed by atoms with van der Waals surface area (Å²) < 4.78 is 94.5. The lowest BCUT2D eigenvalue weighted by molar-refractivity contribution is -0.147. The highest BCUT2D eigenvalue weighted by molar-refractivity contribution is 5.83. The average Bonchev–Trinajstić information content (AvgIpc) is 2.98. The van der Waals surface area contributed by atoms with E-state index >= 15 is 0 Å². The first-order chi connectivity index (χ1) is 21.4. The predicted octanol–water partition coefficient (Wildman–Crippen LogP) is 5.38. The number of carbonyl (C=O) groups is 3. The number of nitrogens with zero attached hydrogens (tertiary/aromatic N) is 3. The van der Waals surface area contributed by atoms with Crippen molar-refractivity contribution in [3.8, 4) is 0 Å². The van der Waals surface area contributed by atoms with Crippen LogP contribution in [0.1, 0.15) is 59.9 Å². The van der Waals surface area contributed by atoms with Crippen LogP contribution >= 0.6 is 0 Å². The standard InChI is InChI=1S/C32H36F7N3O4/c1-18-12-24(33)4-5-25(18)27-17-42(29(45)21-6-9-41(10-7-21)28(44)19(2)43)11-8-26(27)30(46)40(3)16-20-13-22(31(34,35)36)15-23(14-20)32(37,38)39/h4-5,12-15,19,21,26-27,43H,6-11,16-17H2,1-3H3/t19-,26-,27+/m0/s1. The fourth-order valence-electron chi connectivity index (χ4n) is 6.43. The van der Waals surface area contributed by atoms with E-state index in [1.165, 1.54) is 37.1 Å². The summed E-state index contributed by atoms with van der Waals surface area (Å²) in [7, 11) is 1.30. The van der Waals surface area contributed by atoms with E-state index in [-0.39, 0.29) is 37.0 Å². The number of alkyl halides is 6. The number of piperidine rings is 2. The van der Waals surface area contributed by atoms with Crippen LogP contribution in [0.5, 0.6) is 0 Å². The molecule has 2 fully saturated rings. The molecule has 0 spiro atoms. The molecule has 4 rings (SSSR count). The summed E-state index contributed by atoms with van der Waals surface area (Å²) in [6.07, 6.45) is -10.3. The molecule has 2 aromatic rings. The molecule has 2 aromatic carbocycles. The fraction of sp³-hybridized carbons (Fsp3) is 0.531. The molecular weight excluding hydrogens is 623 g/mol. The molecule has 2 aliphatic rings. The second-order valence-electron chi connectivity index (χ2n) is 12.2. The summed E-state index contributed by atoms with van der Waals surface area (Å²) in [6.45, 7) is 3.36. The van der Waals surface area contributed by atoms with E-state index in [2.05, 4.69) is 0 Å². The summed E-state index contributed by atoms with van der Waals surface area (Å²) in [4.78, 5) is 43.7. The number of carbonyl (C=O) groups excluding carboxylic acids is 3. The quantitative estimate of drug-likeness (QED) is 0.423. The molecule has 0 aliphatic carbocycles. The average molecular weight is 660 g/mol. The molecule has 1 N–H and O–H groups in total. The molecule has 2 aliphatic heterocycles. The molecule has 0 aromatic heterocycles. The molecule has 3 atom stereocenters. The van der Waals surface area contributed by atoms with Gasteiger partial charge in [0.2, 0.25) is 11.8 Å². The molecule has 252 valence electrons. The molecule has 46 heavy (non-hydrogen) atoms. The van der Waals surface area contributed by atoms with Crippen LogP contribution in [0.4, 0.5) is 30.7 Å². The molecule has 2 heterocycles. The SMILES string of the molecule is Cc1cc(F)ccc1[C@H]1CN(C(=O)C2CCN(C(=O)[C@H](C)O)CC2)CC[C@@H]1C(=O)N(C)Cc1cc(C(F)(F)F)cc(C(F)(F)F)c1. The van der Waals surface area contributed by atoms with Gasteiger partial charge in [0.25, 0.3) is 5.91 Å². The van der Waals surface area contributed by atoms with Gasteiger partial charge in [0.05, 0.1) is 11.1 Å². The highest BCUT2D eigenvalue weighted by atomic mass is 19.4. The van der Waals surface area contributed by atoms with Crippen molar-refractivity contribution in [2.24, 2.45) is 11.8 Å². The van der Waals surface area contributed by atoms with Crippen molar-refractivity contribution in [1.29, 1.82) is 0 Å². The zero-order chi connectivity index (χ0) is 34.1. The largest absolute Gasteiger partial charge is 0.416 e. The van der Waals surface area contributed by atoms with E-state index in [0.29, 0.717) is 49.2 Å². The van der Waals surface area contributed by atoms with Crippen LogP contribution in [0.25, 0.3) is 0 Å². The van der Waals surface area contributed by atoms with E-state index in [1.807, 2.05) is 0 Å². The first-order valence-corrected chi connectivity index (χ1v) is 14.9. The van der Waals surface area contributed by atoms with Crippen LogP contribution in [0.15, 0.2) is 36.4 Å². The Morgan fingerprint density at radius 1 is 0.913 bits per heavy atom. The summed E-state index contributed by atoms with van der Waals surface area (Å²) in [5, 5.41) is 9.60. The second kappa shape index (κ2) is 13.6. The van der Waals surface area contributed by atoms with Crippen molar-refractivity contribution in [1.82, 2.24) is 14.7 Å². The number of hydrogen-bond acceptors (Lipinski definition) is 4. The van der Waals surface area contributed by atoms with Crippen molar-refractivity contribution in [2.75, 3.05) is 33.2 Å². The minimum Gasteiger partial charge on any atom is -0.384 e. The van der Waals surface area contributed by atoms with Crippen LogP contribution < -0.4 is 0 Å². The van der Waals surface area contributed by atoms with E-state index < -0.39 is 71.5 Å². The molecule has 0 unspecified atom stereocenters. The number of hydrogen-bond donors (Lipinski definition) is 1. The third-order valence-electron chi connectivity index (χ3n) is 8.83. The van der Waals surface area contributed by atoms with Gasteiger partial charge in [-0.15, -0.1) is 0 Å². The van der Waals surface area contributed by atoms with Gasteiger partial charge in [-0.3, -0.25) is 14.4 Å². The van der Waals surface area contributed by atoms with Gasteiger partial charge in [0.1, 0.15) is 11.9 Å². The van der Waals surface area contributed by atoms with Crippen molar-refractivity contribution in [3.05, 3.63) is 70.0 Å². The molecule has 7 nitrogen and oxygen atoms in total. The maximum atomic E-state index is 14.0. The third kappa shape index (κ3) is 7.99. The number of benzene rings is 2. The lowest BCUT2D eigenvalue weighted by Gasteiger charge is -2.42. The van der Waals surface area contributed by atoms with Gasteiger partial charge in [0, 0.05) is 57.5 Å². The highest BCUT2D eigenvalue weighted by Gasteiger charge is 2.41. The number of amides is 3. The Kier molecular flexibility index (Phi) is 10.4. The summed E-state index contributed by atoms with van der Waals surface area (Å²) >= 11 is 0. The molecule has 14 heteroatoms. The van der Waals surface area contributed by atoms with Crippen LogP contribution in [0.2, 0.25) is 0 Å². The number of likely N-dealkylation sites (tertiary alicyclic amines) is 2. The zero-order valence-corrected chi connectivity index (χ0v) is 25.6. The Morgan fingerprint density at radius 2 is 1.48 bits per heavy atom. The molecular formula is C32H36F7N3O4. The second-order valence-corrected chi connectivity index (χ2v) is 12.2. The monoisotopic (exact) mass is 659 g/mol. The van der Waals surface area contributed by atoms with Gasteiger partial charge >= 0.3 is 12.4 Å². The van der Waals surface area contributed by atoms with Gasteiger partial charge in [-0.1, -0.05) is 6.07 Å². The molecule has 0 radical (unpaired) electrons. The number of rotatable bonds is 6. The smallest absolute Gasteiger partial charge is 0.384 e. The zero-order valence-electron chi connectivity index (χ0n) is 25.6. The Balaban J connectivity index is 1.56. The minimum absolute atomic E-state index is 0.0280. The van der Waals surface area contributed by atoms with Crippen molar-refractivity contribution >= 4 is 17.7 Å². The van der Waals surface area contributed by atoms with Gasteiger partial charge in [0.15, 0.2) is 0 Å². The molecule has 0 bridgehead atoms. The first-order valence-electron chi connectivity index (χ1n) is 14.9. The predicted molar refractivity (Wildman–Crippen MR) is 152 cm³/mol. The molecule has 2 saturated heterocycles. The topological polar surface area (TPSA) is 81.2 Å². The van der Waals surface area contributed by atoms with E-state index in [0.717, 1.165) is 4.90 Å². The fourth-order valence-corrected chi connectivity index (χ4v) is 6.43. The number of aryl methyl sites for hydroxylation is 1. The van der Waals surface area contributed by atoms with E-state index in [9.17, 15) is 50.2 Å². The van der Waals surface area contributed by atoms with Crippen LogP contribution in [-0.4, -0.2) is 76.9 Å². The maximum Gasteiger partial charge on any atom is 0.416 e. The highest BCUT2D eigenvalue weighted by Crippen LogP contribution is 2.39. The summed E-state index contributed by atoms with van der Waals surface area (Å²) in [6, 6.07) is 5.23. The minimum atomic E-state index is -5.04. The van der Waals surface area contributed by atoms with Gasteiger partial charge in [-0.2, -0.15) is 26.3 Å². The van der Waals surface area contributed by atoms with Crippen LogP contribution in [0, 0.1) is 24.6 Å². The van der Waals surface area contributed by atoms with E-state index in [1.54, 1.807) is 11.8 Å². The normalized spacial score (nSPS) is 20.4. The number of aliphatic hydroxyl groups excluding tert-OH is 1. The Morgan fingerprint density at radius 3 is 2.00 bits per heavy atom. The van der Waals surface area contributed by atoms with Crippen molar-refractivity contribution in [2.45, 2.75) is 64.0 Å². The van der Waals surface area contributed by atoms with Gasteiger partial charge < -0.3 is 19.8 Å². The third-order valence-corrected chi connectivity index (χ3v) is 8.83. The van der Waals surface area contributed by atoms with Crippen molar-refractivity contribution in [3.63, 3.8) is 0 Å². The molecule has 0 saturated carbocycles. The van der Waals surface area contributed by atoms with Crippen LogP contribution in [0.3, 0.4) is 0 Å². The van der Waals surface area contributed by atoms with Gasteiger partial charge in [-0.25, -0.2) is 4.39 Å². The Hall–Kier alpha value is -3.68. The summed E-state index contributed by atoms with van der Waals surface area (Å²) in [5.41, 5.74) is -2.18. The summed E-state index contributed by atoms with van der Waals surface area (Å²) in [5.74, 6) is -3.44. The van der Waals surface area contributed by atoms with Crippen LogP contribution in [-0.2, 0) is 33.3 Å². The lowest BCUT2D eigenvalue weighted by Crippen LogP contribution is -2.51. The van der Waals surface area contributed by atoms with E-state index in [4.69, 9.17) is 0 Å². The van der Waals surface area contributed by atoms with Gasteiger partial charge in [-0.05, 0) is 80.1 Å².